The molecule has 1 fully saturated rings. The lowest BCUT2D eigenvalue weighted by molar-refractivity contribution is 0.230. The Hall–Kier alpha value is -1.88. The van der Waals surface area contributed by atoms with Crippen molar-refractivity contribution in [1.82, 2.24) is 19.7 Å². The molecular formula is C14H19N5. The maximum absolute atomic E-state index is 4.77. The predicted molar refractivity (Wildman–Crippen MR) is 78.0 cm³/mol. The number of fused-ring (bicyclic) bond motifs is 1. The molecular weight excluding hydrogens is 238 g/mol. The normalized spacial score (nSPS) is 16.1. The number of aromatic nitrogens is 3. The van der Waals surface area contributed by atoms with Crippen LogP contribution in [0, 0.1) is 0 Å². The second-order valence-corrected chi connectivity index (χ2v) is 5.37. The second-order valence-electron chi connectivity index (χ2n) is 5.37. The fraction of sp³-hybridized carbons (Fsp3) is 0.429. The van der Waals surface area contributed by atoms with E-state index in [-0.39, 0.29) is 0 Å². The Balaban J connectivity index is 2.14. The molecule has 0 bridgehead atoms. The number of rotatable bonds is 3. The number of anilines is 1. The van der Waals surface area contributed by atoms with Gasteiger partial charge < -0.3 is 4.90 Å². The van der Waals surface area contributed by atoms with Gasteiger partial charge in [-0.3, -0.25) is 4.90 Å². The number of pyridine rings is 1. The lowest BCUT2D eigenvalue weighted by Crippen LogP contribution is -2.53. The summed E-state index contributed by atoms with van der Waals surface area (Å²) >= 11 is 0. The van der Waals surface area contributed by atoms with Gasteiger partial charge in [0.15, 0.2) is 5.65 Å². The first-order valence-corrected chi connectivity index (χ1v) is 6.54. The Morgan fingerprint density at radius 2 is 2.11 bits per heavy atom. The van der Waals surface area contributed by atoms with E-state index < -0.39 is 0 Å². The van der Waals surface area contributed by atoms with E-state index in [9.17, 15) is 0 Å². The number of hydrogen-bond acceptors (Lipinski definition) is 4. The van der Waals surface area contributed by atoms with Crippen molar-refractivity contribution in [2.45, 2.75) is 19.9 Å². The largest absolute Gasteiger partial charge is 0.330 e. The Morgan fingerprint density at radius 3 is 2.68 bits per heavy atom. The van der Waals surface area contributed by atoms with Crippen LogP contribution in [0.15, 0.2) is 18.8 Å². The van der Waals surface area contributed by atoms with Crippen molar-refractivity contribution in [1.29, 1.82) is 0 Å². The van der Waals surface area contributed by atoms with Gasteiger partial charge in [0.05, 0.1) is 19.5 Å². The first-order valence-electron chi connectivity index (χ1n) is 6.54. The van der Waals surface area contributed by atoms with Crippen LogP contribution in [0.25, 0.3) is 17.1 Å². The van der Waals surface area contributed by atoms with Crippen LogP contribution in [0.3, 0.4) is 0 Å². The number of hydrogen-bond donors (Lipinski definition) is 0. The Morgan fingerprint density at radius 1 is 1.37 bits per heavy atom. The summed E-state index contributed by atoms with van der Waals surface area (Å²) < 4.78 is 1.97. The van der Waals surface area contributed by atoms with Crippen LogP contribution in [0.2, 0.25) is 0 Å². The quantitative estimate of drug-likeness (QED) is 0.845. The van der Waals surface area contributed by atoms with E-state index in [1.807, 2.05) is 17.0 Å². The summed E-state index contributed by atoms with van der Waals surface area (Å²) in [5, 5.41) is 5.51. The van der Waals surface area contributed by atoms with Gasteiger partial charge >= 0.3 is 0 Å². The highest BCUT2D eigenvalue weighted by molar-refractivity contribution is 5.87. The first kappa shape index (κ1) is 12.2. The van der Waals surface area contributed by atoms with Crippen molar-refractivity contribution >= 4 is 22.9 Å². The van der Waals surface area contributed by atoms with Gasteiger partial charge in [0.1, 0.15) is 5.82 Å². The molecule has 1 saturated heterocycles. The fourth-order valence-corrected chi connectivity index (χ4v) is 2.42. The molecule has 1 aliphatic heterocycles. The smallest absolute Gasteiger partial charge is 0.161 e. The van der Waals surface area contributed by atoms with Crippen LogP contribution < -0.4 is 4.90 Å². The Bertz CT molecular complexity index is 622. The maximum Gasteiger partial charge on any atom is 0.161 e. The van der Waals surface area contributed by atoms with Crippen molar-refractivity contribution in [3.8, 4) is 0 Å². The molecule has 3 rings (SSSR count). The molecule has 1 aliphatic rings. The van der Waals surface area contributed by atoms with Gasteiger partial charge in [0.25, 0.3) is 0 Å². The molecule has 0 atom stereocenters. The summed E-state index contributed by atoms with van der Waals surface area (Å²) in [6.07, 6.45) is 3.76. The van der Waals surface area contributed by atoms with Crippen molar-refractivity contribution in [3.63, 3.8) is 0 Å². The van der Waals surface area contributed by atoms with Crippen molar-refractivity contribution in [2.24, 2.45) is 0 Å². The minimum absolute atomic E-state index is 0.303. The van der Waals surface area contributed by atoms with E-state index in [0.29, 0.717) is 6.04 Å². The average molecular weight is 257 g/mol. The third-order valence-corrected chi connectivity index (χ3v) is 3.44. The molecule has 0 aromatic carbocycles. The monoisotopic (exact) mass is 257 g/mol. The summed E-state index contributed by atoms with van der Waals surface area (Å²) in [5.74, 6) is 1.00. The zero-order chi connectivity index (χ0) is 13.6. The molecule has 2 aromatic rings. The standard InChI is InChI=1S/C14H19N5/c1-5-11-6-13(18-8-17(4)9-18)16-14-12(11)7-15-19(14)10(2)3/h5-7,10H,1,8-9H2,2-4H3. The van der Waals surface area contributed by atoms with E-state index in [4.69, 9.17) is 4.98 Å². The van der Waals surface area contributed by atoms with Crippen LogP contribution in [0.5, 0.6) is 0 Å². The Kier molecular flexibility index (Phi) is 2.78. The molecule has 5 heteroatoms. The summed E-state index contributed by atoms with van der Waals surface area (Å²) in [7, 11) is 2.10. The van der Waals surface area contributed by atoms with Crippen LogP contribution in [-0.2, 0) is 0 Å². The fourth-order valence-electron chi connectivity index (χ4n) is 2.42. The molecule has 0 saturated carbocycles. The van der Waals surface area contributed by atoms with E-state index in [2.05, 4.69) is 48.4 Å². The maximum atomic E-state index is 4.77. The molecule has 0 aliphatic carbocycles. The molecule has 0 amide bonds. The predicted octanol–water partition coefficient (Wildman–Crippen LogP) is 2.32. The van der Waals surface area contributed by atoms with Crippen LogP contribution in [0.1, 0.15) is 25.5 Å². The van der Waals surface area contributed by atoms with Crippen molar-refractivity contribution < 1.29 is 0 Å². The molecule has 5 nitrogen and oxygen atoms in total. The third kappa shape index (κ3) is 1.90. The lowest BCUT2D eigenvalue weighted by atomic mass is 10.2. The molecule has 3 heterocycles. The molecule has 0 unspecified atom stereocenters. The van der Waals surface area contributed by atoms with Gasteiger partial charge in [-0.05, 0) is 32.5 Å². The van der Waals surface area contributed by atoms with Gasteiger partial charge in [-0.2, -0.15) is 5.10 Å². The van der Waals surface area contributed by atoms with Gasteiger partial charge in [-0.25, -0.2) is 9.67 Å². The molecule has 0 spiro atoms. The molecule has 100 valence electrons. The zero-order valence-electron chi connectivity index (χ0n) is 11.7. The van der Waals surface area contributed by atoms with E-state index in [0.717, 1.165) is 35.8 Å². The van der Waals surface area contributed by atoms with Gasteiger partial charge in [0, 0.05) is 11.4 Å². The van der Waals surface area contributed by atoms with Crippen molar-refractivity contribution in [2.75, 3.05) is 25.3 Å². The summed E-state index contributed by atoms with van der Waals surface area (Å²) in [6.45, 7) is 9.98. The summed E-state index contributed by atoms with van der Waals surface area (Å²) in [5.41, 5.74) is 2.04. The van der Waals surface area contributed by atoms with Crippen LogP contribution in [-0.4, -0.2) is 40.0 Å². The third-order valence-electron chi connectivity index (χ3n) is 3.44. The first-order chi connectivity index (χ1) is 9.10. The molecule has 0 radical (unpaired) electrons. The van der Waals surface area contributed by atoms with Gasteiger partial charge in [-0.15, -0.1) is 0 Å². The minimum atomic E-state index is 0.303. The van der Waals surface area contributed by atoms with Crippen molar-refractivity contribution in [3.05, 3.63) is 24.4 Å². The lowest BCUT2D eigenvalue weighted by Gasteiger charge is -2.40. The van der Waals surface area contributed by atoms with Crippen LogP contribution >= 0.6 is 0 Å². The average Bonchev–Trinajstić information content (AvgIpc) is 2.77. The minimum Gasteiger partial charge on any atom is -0.330 e. The van der Waals surface area contributed by atoms with E-state index in [1.54, 1.807) is 0 Å². The summed E-state index contributed by atoms with van der Waals surface area (Å²) in [4.78, 5) is 9.25. The van der Waals surface area contributed by atoms with E-state index in [1.165, 1.54) is 0 Å². The molecule has 2 aromatic heterocycles. The summed E-state index contributed by atoms with van der Waals surface area (Å²) in [6, 6.07) is 2.39. The topological polar surface area (TPSA) is 37.2 Å². The molecule has 19 heavy (non-hydrogen) atoms. The van der Waals surface area contributed by atoms with E-state index >= 15 is 0 Å². The highest BCUT2D eigenvalue weighted by Gasteiger charge is 2.23. The van der Waals surface area contributed by atoms with Gasteiger partial charge in [-0.1, -0.05) is 12.7 Å². The highest BCUT2D eigenvalue weighted by Crippen LogP contribution is 2.27. The Labute approximate surface area is 113 Å². The zero-order valence-corrected chi connectivity index (χ0v) is 11.7. The van der Waals surface area contributed by atoms with Gasteiger partial charge in [0.2, 0.25) is 0 Å². The second kappa shape index (κ2) is 4.35. The number of nitrogens with zero attached hydrogens (tertiary/aromatic N) is 5. The highest BCUT2D eigenvalue weighted by atomic mass is 15.5. The molecule has 0 N–H and O–H groups in total. The SMILES string of the molecule is C=Cc1cc(N2CN(C)C2)nc2c1cnn2C(C)C. The van der Waals surface area contributed by atoms with Crippen LogP contribution in [0.4, 0.5) is 5.82 Å².